The second-order valence-electron chi connectivity index (χ2n) is 8.17. The normalized spacial score (nSPS) is 22.6. The van der Waals surface area contributed by atoms with Crippen LogP contribution in [0.15, 0.2) is 24.3 Å². The zero-order chi connectivity index (χ0) is 19.9. The summed E-state index contributed by atoms with van der Waals surface area (Å²) in [6, 6.07) is 8.29. The number of rotatable bonds is 9. The van der Waals surface area contributed by atoms with Gasteiger partial charge < -0.3 is 15.4 Å². The third kappa shape index (κ3) is 6.60. The molecule has 1 aromatic rings. The summed E-state index contributed by atoms with van der Waals surface area (Å²) < 4.78 is 5.82. The summed E-state index contributed by atoms with van der Waals surface area (Å²) in [4.78, 5) is 26.1. The highest BCUT2D eigenvalue weighted by Crippen LogP contribution is 2.28. The summed E-state index contributed by atoms with van der Waals surface area (Å²) >= 11 is 0. The van der Waals surface area contributed by atoms with Gasteiger partial charge in [-0.15, -0.1) is 0 Å². The SMILES string of the molecule is CC1CN(Cc2ccccc2CNC(=O)CCCNC(=O)C2CC2)CC(C)O1. The maximum Gasteiger partial charge on any atom is 0.223 e. The van der Waals surface area contributed by atoms with Crippen LogP contribution in [0, 0.1) is 5.92 Å². The van der Waals surface area contributed by atoms with Crippen molar-refractivity contribution in [2.45, 2.75) is 64.8 Å². The molecular weight excluding hydrogens is 354 g/mol. The van der Waals surface area contributed by atoms with Crippen LogP contribution in [0.3, 0.4) is 0 Å². The molecule has 3 rings (SSSR count). The van der Waals surface area contributed by atoms with E-state index >= 15 is 0 Å². The Kier molecular flexibility index (Phi) is 7.45. The van der Waals surface area contributed by atoms with Gasteiger partial charge in [0.1, 0.15) is 0 Å². The zero-order valence-corrected chi connectivity index (χ0v) is 17.1. The molecule has 6 nitrogen and oxygen atoms in total. The quantitative estimate of drug-likeness (QED) is 0.638. The van der Waals surface area contributed by atoms with E-state index in [0.29, 0.717) is 25.9 Å². The van der Waals surface area contributed by atoms with E-state index in [1.807, 2.05) is 6.07 Å². The van der Waals surface area contributed by atoms with Crippen LogP contribution in [0.4, 0.5) is 0 Å². The average Bonchev–Trinajstić information content (AvgIpc) is 3.49. The van der Waals surface area contributed by atoms with Gasteiger partial charge in [-0.1, -0.05) is 24.3 Å². The maximum absolute atomic E-state index is 12.1. The minimum Gasteiger partial charge on any atom is -0.373 e. The average molecular weight is 388 g/mol. The van der Waals surface area contributed by atoms with Crippen molar-refractivity contribution in [3.05, 3.63) is 35.4 Å². The fraction of sp³-hybridized carbons (Fsp3) is 0.636. The van der Waals surface area contributed by atoms with E-state index in [2.05, 4.69) is 47.6 Å². The number of nitrogens with zero attached hydrogens (tertiary/aromatic N) is 1. The van der Waals surface area contributed by atoms with E-state index in [1.165, 1.54) is 5.56 Å². The lowest BCUT2D eigenvalue weighted by Crippen LogP contribution is -2.45. The highest BCUT2D eigenvalue weighted by Gasteiger charge is 2.29. The molecule has 0 aromatic heterocycles. The molecule has 1 heterocycles. The highest BCUT2D eigenvalue weighted by atomic mass is 16.5. The molecule has 28 heavy (non-hydrogen) atoms. The first-order valence-corrected chi connectivity index (χ1v) is 10.5. The number of nitrogens with one attached hydrogen (secondary N) is 2. The molecule has 2 fully saturated rings. The molecule has 2 aliphatic rings. The summed E-state index contributed by atoms with van der Waals surface area (Å²) in [6.07, 6.45) is 3.62. The second kappa shape index (κ2) is 10.0. The molecule has 1 saturated heterocycles. The number of ether oxygens (including phenoxy) is 1. The summed E-state index contributed by atoms with van der Waals surface area (Å²) in [6.45, 7) is 8.07. The van der Waals surface area contributed by atoms with Gasteiger partial charge in [0.25, 0.3) is 0 Å². The lowest BCUT2D eigenvalue weighted by atomic mass is 10.1. The van der Waals surface area contributed by atoms with E-state index in [4.69, 9.17) is 4.74 Å². The minimum atomic E-state index is 0.0316. The van der Waals surface area contributed by atoms with E-state index < -0.39 is 0 Å². The Morgan fingerprint density at radius 1 is 1.07 bits per heavy atom. The van der Waals surface area contributed by atoms with Crippen molar-refractivity contribution in [2.24, 2.45) is 5.92 Å². The number of morpholine rings is 1. The first-order valence-electron chi connectivity index (χ1n) is 10.5. The summed E-state index contributed by atoms with van der Waals surface area (Å²) in [7, 11) is 0. The molecule has 2 amide bonds. The van der Waals surface area contributed by atoms with Gasteiger partial charge >= 0.3 is 0 Å². The fourth-order valence-electron chi connectivity index (χ4n) is 3.77. The third-order valence-corrected chi connectivity index (χ3v) is 5.31. The molecule has 2 N–H and O–H groups in total. The first-order chi connectivity index (χ1) is 13.5. The molecule has 2 atom stereocenters. The fourth-order valence-corrected chi connectivity index (χ4v) is 3.77. The molecule has 1 aliphatic heterocycles. The van der Waals surface area contributed by atoms with E-state index in [0.717, 1.165) is 38.0 Å². The molecule has 0 radical (unpaired) electrons. The van der Waals surface area contributed by atoms with Crippen molar-refractivity contribution in [3.8, 4) is 0 Å². The predicted molar refractivity (Wildman–Crippen MR) is 109 cm³/mol. The largest absolute Gasteiger partial charge is 0.373 e. The Bertz CT molecular complexity index is 665. The van der Waals surface area contributed by atoms with Crippen molar-refractivity contribution >= 4 is 11.8 Å². The molecule has 2 unspecified atom stereocenters. The third-order valence-electron chi connectivity index (χ3n) is 5.31. The van der Waals surface area contributed by atoms with E-state index in [1.54, 1.807) is 0 Å². The predicted octanol–water partition coefficient (Wildman–Crippen LogP) is 2.22. The van der Waals surface area contributed by atoms with Crippen molar-refractivity contribution in [2.75, 3.05) is 19.6 Å². The van der Waals surface area contributed by atoms with Crippen LogP contribution >= 0.6 is 0 Å². The molecule has 1 aliphatic carbocycles. The van der Waals surface area contributed by atoms with Crippen LogP contribution in [0.2, 0.25) is 0 Å². The van der Waals surface area contributed by atoms with Crippen LogP contribution in [0.5, 0.6) is 0 Å². The standard InChI is InChI=1S/C22H33N3O3/c1-16-13-25(14-17(2)28-16)15-20-7-4-3-6-19(20)12-24-21(26)8-5-11-23-22(27)18-9-10-18/h3-4,6-7,16-18H,5,8-15H2,1-2H3,(H,23,27)(H,24,26). The Hall–Kier alpha value is -1.92. The van der Waals surface area contributed by atoms with Gasteiger partial charge in [-0.25, -0.2) is 0 Å². The minimum absolute atomic E-state index is 0.0316. The van der Waals surface area contributed by atoms with Gasteiger partial charge in [-0.2, -0.15) is 0 Å². The molecule has 0 bridgehead atoms. The highest BCUT2D eigenvalue weighted by molar-refractivity contribution is 5.81. The van der Waals surface area contributed by atoms with Crippen molar-refractivity contribution in [1.29, 1.82) is 0 Å². The Labute approximate surface area is 168 Å². The molecule has 1 saturated carbocycles. The van der Waals surface area contributed by atoms with Gasteiger partial charge in [0.05, 0.1) is 12.2 Å². The van der Waals surface area contributed by atoms with Crippen LogP contribution in [0.1, 0.15) is 50.7 Å². The maximum atomic E-state index is 12.1. The number of hydrogen-bond acceptors (Lipinski definition) is 4. The number of hydrogen-bond donors (Lipinski definition) is 2. The van der Waals surface area contributed by atoms with E-state index in [-0.39, 0.29) is 29.9 Å². The molecule has 154 valence electrons. The van der Waals surface area contributed by atoms with Gasteiger partial charge in [-0.05, 0) is 44.2 Å². The lowest BCUT2D eigenvalue weighted by Gasteiger charge is -2.35. The molecular formula is C22H33N3O3. The lowest BCUT2D eigenvalue weighted by molar-refractivity contribution is -0.123. The number of carbonyl (C=O) groups excluding carboxylic acids is 2. The number of amides is 2. The molecule has 0 spiro atoms. The summed E-state index contributed by atoms with van der Waals surface area (Å²) in [5.41, 5.74) is 2.41. The second-order valence-corrected chi connectivity index (χ2v) is 8.17. The Morgan fingerprint density at radius 3 is 2.43 bits per heavy atom. The number of benzene rings is 1. The Morgan fingerprint density at radius 2 is 1.75 bits per heavy atom. The zero-order valence-electron chi connectivity index (χ0n) is 17.1. The molecule has 6 heteroatoms. The van der Waals surface area contributed by atoms with Crippen LogP contribution in [-0.4, -0.2) is 48.6 Å². The van der Waals surface area contributed by atoms with Gasteiger partial charge in [0.2, 0.25) is 11.8 Å². The number of carbonyl (C=O) groups is 2. The summed E-state index contributed by atoms with van der Waals surface area (Å²) in [5, 5.41) is 5.92. The first kappa shape index (κ1) is 20.8. The van der Waals surface area contributed by atoms with Crippen LogP contribution in [0.25, 0.3) is 0 Å². The van der Waals surface area contributed by atoms with Gasteiger partial charge in [0.15, 0.2) is 0 Å². The Balaban J connectivity index is 1.41. The van der Waals surface area contributed by atoms with Crippen LogP contribution < -0.4 is 10.6 Å². The monoisotopic (exact) mass is 387 g/mol. The van der Waals surface area contributed by atoms with Gasteiger partial charge in [0, 0.05) is 45.1 Å². The van der Waals surface area contributed by atoms with E-state index in [9.17, 15) is 9.59 Å². The van der Waals surface area contributed by atoms with Crippen LogP contribution in [-0.2, 0) is 27.4 Å². The van der Waals surface area contributed by atoms with Crippen molar-refractivity contribution in [1.82, 2.24) is 15.5 Å². The summed E-state index contributed by atoms with van der Waals surface area (Å²) in [5.74, 6) is 0.396. The van der Waals surface area contributed by atoms with Gasteiger partial charge in [-0.3, -0.25) is 14.5 Å². The molecule has 1 aromatic carbocycles. The van der Waals surface area contributed by atoms with Crippen molar-refractivity contribution < 1.29 is 14.3 Å². The van der Waals surface area contributed by atoms with Crippen molar-refractivity contribution in [3.63, 3.8) is 0 Å². The topological polar surface area (TPSA) is 70.7 Å². The smallest absolute Gasteiger partial charge is 0.223 e.